The van der Waals surface area contributed by atoms with Crippen molar-refractivity contribution in [2.75, 3.05) is 0 Å². The molecule has 2 aromatic rings. The van der Waals surface area contributed by atoms with Crippen LogP contribution in [-0.4, -0.2) is 17.9 Å². The molecule has 0 amide bonds. The van der Waals surface area contributed by atoms with Gasteiger partial charge in [-0.2, -0.15) is 8.42 Å². The molecule has 0 spiro atoms. The number of hydrogen-bond acceptors (Lipinski definition) is 4. The summed E-state index contributed by atoms with van der Waals surface area (Å²) in [6, 6.07) is 6.68. The molecule has 0 aliphatic carbocycles. The third-order valence-electron chi connectivity index (χ3n) is 2.67. The molecule has 6 nitrogen and oxygen atoms in total. The molecule has 0 radical (unpaired) electrons. The lowest BCUT2D eigenvalue weighted by Crippen LogP contribution is -2.00. The Morgan fingerprint density at radius 3 is 2.39 bits per heavy atom. The molecule has 1 N–H and O–H groups in total. The molecule has 0 fully saturated rings. The molecule has 94 valence electrons. The predicted octanol–water partition coefficient (Wildman–Crippen LogP) is 2.30. The van der Waals surface area contributed by atoms with Gasteiger partial charge < -0.3 is 0 Å². The van der Waals surface area contributed by atoms with Crippen LogP contribution in [0.25, 0.3) is 10.8 Å². The van der Waals surface area contributed by atoms with Gasteiger partial charge in [-0.05, 0) is 30.0 Å². The zero-order chi connectivity index (χ0) is 13.5. The fourth-order valence-corrected chi connectivity index (χ4v) is 2.49. The van der Waals surface area contributed by atoms with E-state index in [1.807, 2.05) is 0 Å². The average Bonchev–Trinajstić information content (AvgIpc) is 2.27. The first-order chi connectivity index (χ1) is 8.30. The van der Waals surface area contributed by atoms with Crippen LogP contribution < -0.4 is 0 Å². The van der Waals surface area contributed by atoms with Gasteiger partial charge in [0.05, 0.1) is 4.92 Å². The lowest BCUT2D eigenvalue weighted by atomic mass is 10.1. The molecule has 2 aromatic carbocycles. The second-order valence-corrected chi connectivity index (χ2v) is 5.23. The largest absolute Gasteiger partial charge is 0.295 e. The van der Waals surface area contributed by atoms with Gasteiger partial charge in [-0.15, -0.1) is 0 Å². The first kappa shape index (κ1) is 12.5. The summed E-state index contributed by atoms with van der Waals surface area (Å²) >= 11 is 0. The lowest BCUT2D eigenvalue weighted by Gasteiger charge is -2.06. The van der Waals surface area contributed by atoms with Crippen LogP contribution >= 0.6 is 0 Å². The van der Waals surface area contributed by atoms with Gasteiger partial charge in [-0.3, -0.25) is 14.7 Å². The molecule has 18 heavy (non-hydrogen) atoms. The molecule has 0 aliphatic rings. The summed E-state index contributed by atoms with van der Waals surface area (Å²) in [6.07, 6.45) is 0. The number of hydrogen-bond donors (Lipinski definition) is 1. The number of nitrogens with zero attached hydrogens (tertiary/aromatic N) is 1. The van der Waals surface area contributed by atoms with Crippen LogP contribution in [0.5, 0.6) is 0 Å². The number of nitro groups is 1. The maximum absolute atomic E-state index is 11.2. The second-order valence-electron chi connectivity index (χ2n) is 3.84. The molecule has 0 saturated heterocycles. The van der Waals surface area contributed by atoms with E-state index in [-0.39, 0.29) is 16.0 Å². The van der Waals surface area contributed by atoms with Gasteiger partial charge in [-0.25, -0.2) is 0 Å². The first-order valence-electron chi connectivity index (χ1n) is 4.96. The van der Waals surface area contributed by atoms with E-state index < -0.39 is 15.0 Å². The van der Waals surface area contributed by atoms with Gasteiger partial charge in [0, 0.05) is 17.5 Å². The molecule has 0 aromatic heterocycles. The Labute approximate surface area is 103 Å². The van der Waals surface area contributed by atoms with Gasteiger partial charge in [0.1, 0.15) is 4.90 Å². The van der Waals surface area contributed by atoms with Crippen molar-refractivity contribution in [1.82, 2.24) is 0 Å². The number of aryl methyl sites for hydroxylation is 1. The Kier molecular flexibility index (Phi) is 2.80. The standard InChI is InChI=1S/C11H9NO5S/c1-7-2-5-11(18(15,16)17)10-6-8(12(13)14)3-4-9(7)10/h2-6H,1H3,(H,15,16,17). The molecule has 0 bridgehead atoms. The van der Waals surface area contributed by atoms with Crippen LogP contribution in [0.2, 0.25) is 0 Å². The highest BCUT2D eigenvalue weighted by Gasteiger charge is 2.17. The van der Waals surface area contributed by atoms with E-state index in [0.29, 0.717) is 5.39 Å². The molecule has 0 unspecified atom stereocenters. The van der Waals surface area contributed by atoms with Crippen LogP contribution in [0.15, 0.2) is 35.2 Å². The Morgan fingerprint density at radius 2 is 1.83 bits per heavy atom. The van der Waals surface area contributed by atoms with Gasteiger partial charge in [-0.1, -0.05) is 6.07 Å². The highest BCUT2D eigenvalue weighted by atomic mass is 32.2. The SMILES string of the molecule is Cc1ccc(S(=O)(=O)O)c2cc([N+](=O)[O-])ccc12. The highest BCUT2D eigenvalue weighted by Crippen LogP contribution is 2.29. The van der Waals surface area contributed by atoms with E-state index in [2.05, 4.69) is 0 Å². The molecule has 0 heterocycles. The highest BCUT2D eigenvalue weighted by molar-refractivity contribution is 7.86. The summed E-state index contributed by atoms with van der Waals surface area (Å²) in [5.41, 5.74) is 0.547. The van der Waals surface area contributed by atoms with Crippen LogP contribution in [0.1, 0.15) is 5.56 Å². The number of rotatable bonds is 2. The summed E-state index contributed by atoms with van der Waals surface area (Å²) < 4.78 is 31.6. The summed E-state index contributed by atoms with van der Waals surface area (Å²) in [6.45, 7) is 1.75. The van der Waals surface area contributed by atoms with E-state index in [1.165, 1.54) is 24.3 Å². The summed E-state index contributed by atoms with van der Waals surface area (Å²) in [5, 5.41) is 11.4. The number of nitro benzene ring substituents is 1. The fraction of sp³-hybridized carbons (Fsp3) is 0.0909. The van der Waals surface area contributed by atoms with Gasteiger partial charge >= 0.3 is 0 Å². The molecule has 2 rings (SSSR count). The minimum atomic E-state index is -4.41. The van der Waals surface area contributed by atoms with Crippen LogP contribution in [0, 0.1) is 17.0 Å². The lowest BCUT2D eigenvalue weighted by molar-refractivity contribution is -0.384. The average molecular weight is 267 g/mol. The minimum absolute atomic E-state index is 0.145. The van der Waals surface area contributed by atoms with Crippen molar-refractivity contribution in [1.29, 1.82) is 0 Å². The zero-order valence-corrected chi connectivity index (χ0v) is 10.1. The number of non-ortho nitro benzene ring substituents is 1. The van der Waals surface area contributed by atoms with Crippen molar-refractivity contribution in [3.63, 3.8) is 0 Å². The van der Waals surface area contributed by atoms with Crippen molar-refractivity contribution in [3.8, 4) is 0 Å². The Bertz CT molecular complexity index is 751. The van der Waals surface area contributed by atoms with E-state index >= 15 is 0 Å². The number of benzene rings is 2. The maximum Gasteiger partial charge on any atom is 0.295 e. The fourth-order valence-electron chi connectivity index (χ4n) is 1.80. The van der Waals surface area contributed by atoms with Crippen molar-refractivity contribution in [2.24, 2.45) is 0 Å². The Hall–Kier alpha value is -1.99. The molecule has 0 atom stereocenters. The predicted molar refractivity (Wildman–Crippen MR) is 65.2 cm³/mol. The van der Waals surface area contributed by atoms with Gasteiger partial charge in [0.15, 0.2) is 0 Å². The van der Waals surface area contributed by atoms with E-state index in [9.17, 15) is 18.5 Å². The molecule has 7 heteroatoms. The van der Waals surface area contributed by atoms with E-state index in [4.69, 9.17) is 4.55 Å². The van der Waals surface area contributed by atoms with Gasteiger partial charge in [0.2, 0.25) is 0 Å². The third-order valence-corrected chi connectivity index (χ3v) is 3.58. The third kappa shape index (κ3) is 2.05. The Morgan fingerprint density at radius 1 is 1.17 bits per heavy atom. The zero-order valence-electron chi connectivity index (χ0n) is 9.32. The second kappa shape index (κ2) is 4.04. The first-order valence-corrected chi connectivity index (χ1v) is 6.40. The molecular weight excluding hydrogens is 258 g/mol. The van der Waals surface area contributed by atoms with Gasteiger partial charge in [0.25, 0.3) is 15.8 Å². The summed E-state index contributed by atoms with van der Waals surface area (Å²) in [7, 11) is -4.41. The summed E-state index contributed by atoms with van der Waals surface area (Å²) in [4.78, 5) is 9.74. The van der Waals surface area contributed by atoms with Crippen molar-refractivity contribution in [3.05, 3.63) is 46.0 Å². The topological polar surface area (TPSA) is 97.5 Å². The van der Waals surface area contributed by atoms with Crippen molar-refractivity contribution in [2.45, 2.75) is 11.8 Å². The Balaban J connectivity index is 2.93. The van der Waals surface area contributed by atoms with Crippen LogP contribution in [0.4, 0.5) is 5.69 Å². The van der Waals surface area contributed by atoms with E-state index in [1.54, 1.807) is 6.92 Å². The summed E-state index contributed by atoms with van der Waals surface area (Å²) in [5.74, 6) is 0. The van der Waals surface area contributed by atoms with Crippen molar-refractivity contribution >= 4 is 26.6 Å². The molecular formula is C11H9NO5S. The van der Waals surface area contributed by atoms with Crippen molar-refractivity contribution < 1.29 is 17.9 Å². The monoisotopic (exact) mass is 267 g/mol. The van der Waals surface area contributed by atoms with E-state index in [0.717, 1.165) is 11.6 Å². The van der Waals surface area contributed by atoms with Crippen LogP contribution in [0.3, 0.4) is 0 Å². The molecule has 0 aliphatic heterocycles. The normalized spacial score (nSPS) is 11.7. The maximum atomic E-state index is 11.2. The smallest absolute Gasteiger partial charge is 0.282 e. The number of fused-ring (bicyclic) bond motifs is 1. The quantitative estimate of drug-likeness (QED) is 0.511. The van der Waals surface area contributed by atoms with Crippen LogP contribution in [-0.2, 0) is 10.1 Å². The minimum Gasteiger partial charge on any atom is -0.282 e. The molecule has 0 saturated carbocycles.